The van der Waals surface area contributed by atoms with Crippen LogP contribution < -0.4 is 0 Å². The molecule has 302 valence electrons. The quantitative estimate of drug-likeness (QED) is 0.161. The van der Waals surface area contributed by atoms with Crippen molar-refractivity contribution in [2.75, 3.05) is 13.2 Å². The standard InChI is InChI=1S/C38H45N3O15/c1-19-24(44)16-38(48)32(55-33(46)23-11-9-8-10-12-23)30-36(7,31(45)29(53-21(3)42)28(19)35(38,5)6)25(15-26-37(30,18-52-26)56-22(4)43)54-34(47)51-14-13-40-20(2)39-17-27(40)41(49)50/h8-12,17,19,24-26,30,32,44,48H,13-16,18H2,1-7H3/t19?,24-,25-,26+,30-,32-,36+,37-,38+/m0/s1. The Morgan fingerprint density at radius 1 is 1.09 bits per heavy atom. The zero-order valence-electron chi connectivity index (χ0n) is 32.0. The topological polar surface area (TPSA) is 242 Å². The summed E-state index contributed by atoms with van der Waals surface area (Å²) < 4.78 is 36.5. The number of aryl methyl sites for hydroxylation is 1. The van der Waals surface area contributed by atoms with Gasteiger partial charge in [-0.3, -0.25) is 14.4 Å². The molecule has 9 atom stereocenters. The Kier molecular flexibility index (Phi) is 10.4. The zero-order valence-corrected chi connectivity index (χ0v) is 32.0. The molecule has 3 aliphatic carbocycles. The van der Waals surface area contributed by atoms with E-state index < -0.39 is 112 Å². The summed E-state index contributed by atoms with van der Waals surface area (Å²) in [5.41, 5.74) is -7.66. The zero-order chi connectivity index (χ0) is 41.1. The van der Waals surface area contributed by atoms with E-state index in [9.17, 15) is 39.5 Å². The number of ketones is 1. The molecule has 2 saturated carbocycles. The molecule has 0 amide bonds. The largest absolute Gasteiger partial charge is 0.508 e. The molecule has 0 spiro atoms. The van der Waals surface area contributed by atoms with E-state index in [-0.39, 0.29) is 42.4 Å². The predicted octanol–water partition coefficient (Wildman–Crippen LogP) is 3.13. The van der Waals surface area contributed by atoms with E-state index >= 15 is 4.79 Å². The second-order valence-electron chi connectivity index (χ2n) is 15.6. The fraction of sp³-hybridized carbons (Fsp3) is 0.579. The fourth-order valence-corrected chi connectivity index (χ4v) is 9.29. The van der Waals surface area contributed by atoms with Crippen molar-refractivity contribution in [3.63, 3.8) is 0 Å². The molecule has 2 aromatic rings. The molecule has 18 nitrogen and oxygen atoms in total. The van der Waals surface area contributed by atoms with E-state index in [0.29, 0.717) is 0 Å². The first kappa shape index (κ1) is 40.5. The molecule has 2 N–H and O–H groups in total. The monoisotopic (exact) mass is 783 g/mol. The van der Waals surface area contributed by atoms with Crippen LogP contribution in [0.4, 0.5) is 10.6 Å². The van der Waals surface area contributed by atoms with Crippen molar-refractivity contribution in [3.05, 3.63) is 69.4 Å². The maximum atomic E-state index is 15.5. The minimum Gasteiger partial charge on any atom is -0.455 e. The number of hydrogen-bond acceptors (Lipinski definition) is 16. The number of carbonyl (C=O) groups is 5. The number of hydrogen-bond donors (Lipinski definition) is 2. The molecule has 1 aromatic carbocycles. The Morgan fingerprint density at radius 3 is 2.36 bits per heavy atom. The van der Waals surface area contributed by atoms with Crippen molar-refractivity contribution in [3.8, 4) is 0 Å². The summed E-state index contributed by atoms with van der Waals surface area (Å²) in [6.07, 6.45) is -6.71. The van der Waals surface area contributed by atoms with Gasteiger partial charge in [0.25, 0.3) is 0 Å². The van der Waals surface area contributed by atoms with Gasteiger partial charge in [-0.05, 0) is 29.6 Å². The number of Topliss-reactive ketones (excluding diaryl/α,β-unsaturated/α-hetero) is 1. The summed E-state index contributed by atoms with van der Waals surface area (Å²) in [6, 6.07) is 7.83. The van der Waals surface area contributed by atoms with Crippen molar-refractivity contribution >= 4 is 35.7 Å². The molecule has 0 radical (unpaired) electrons. The lowest BCUT2D eigenvalue weighted by Gasteiger charge is -2.67. The van der Waals surface area contributed by atoms with Crippen molar-refractivity contribution in [2.24, 2.45) is 22.7 Å². The minimum absolute atomic E-state index is 0.0477. The summed E-state index contributed by atoms with van der Waals surface area (Å²) in [6.45, 7) is 8.92. The average Bonchev–Trinajstić information content (AvgIpc) is 3.49. The number of esters is 3. The molecule has 18 heteroatoms. The van der Waals surface area contributed by atoms with Crippen molar-refractivity contribution < 1.29 is 67.5 Å². The Hall–Kier alpha value is -5.20. The van der Waals surface area contributed by atoms with E-state index in [2.05, 4.69) is 4.98 Å². The maximum Gasteiger partial charge on any atom is 0.508 e. The van der Waals surface area contributed by atoms with Gasteiger partial charge in [-0.1, -0.05) is 39.0 Å². The molecule has 4 aliphatic rings. The van der Waals surface area contributed by atoms with Gasteiger partial charge in [-0.25, -0.2) is 19.1 Å². The number of ether oxygens (including phenoxy) is 6. The van der Waals surface area contributed by atoms with E-state index in [1.54, 1.807) is 39.0 Å². The first-order valence-electron chi connectivity index (χ1n) is 18.2. The van der Waals surface area contributed by atoms with Crippen LogP contribution in [0, 0.1) is 39.7 Å². The van der Waals surface area contributed by atoms with E-state index in [1.165, 1.54) is 30.5 Å². The molecule has 56 heavy (non-hydrogen) atoms. The lowest BCUT2D eigenvalue weighted by Crippen LogP contribution is -2.81. The van der Waals surface area contributed by atoms with Crippen LogP contribution >= 0.6 is 0 Å². The smallest absolute Gasteiger partial charge is 0.455 e. The van der Waals surface area contributed by atoms with Crippen LogP contribution in [0.3, 0.4) is 0 Å². The Labute approximate surface area is 321 Å². The Morgan fingerprint density at radius 2 is 1.77 bits per heavy atom. The average molecular weight is 784 g/mol. The molecule has 1 aliphatic heterocycles. The number of aliphatic hydroxyl groups is 2. The Balaban J connectivity index is 1.53. The molecule has 2 heterocycles. The number of allylic oxidation sites excluding steroid dienone is 1. The number of fused-ring (bicyclic) bond motifs is 5. The van der Waals surface area contributed by atoms with Gasteiger partial charge in [0.2, 0.25) is 5.78 Å². The van der Waals surface area contributed by atoms with Gasteiger partial charge in [0, 0.05) is 44.9 Å². The van der Waals surface area contributed by atoms with Crippen LogP contribution in [0.5, 0.6) is 0 Å². The summed E-state index contributed by atoms with van der Waals surface area (Å²) in [4.78, 5) is 83.6. The number of benzene rings is 1. The highest BCUT2D eigenvalue weighted by molar-refractivity contribution is 6.02. The SMILES string of the molecule is CC(=O)OC1=C2C(C)[C@@H](O)C[C@@](O)([C@@H](OC(=O)c3ccccc3)[C@@H]3[C@]4(OC(C)=O)CO[C@@H]4C[C@H](OC(=O)OCCn4c([N+](=O)[O-])cnc4C)[C@@]3(C)C1=O)C2(C)C. The van der Waals surface area contributed by atoms with Crippen LogP contribution in [0.1, 0.15) is 70.6 Å². The molecular weight excluding hydrogens is 738 g/mol. The molecular formula is C38H45N3O15. The van der Waals surface area contributed by atoms with E-state index in [4.69, 9.17) is 28.4 Å². The third-order valence-corrected chi connectivity index (χ3v) is 12.2. The normalized spacial score (nSPS) is 33.0. The van der Waals surface area contributed by atoms with Gasteiger partial charge in [0.05, 0.1) is 29.6 Å². The van der Waals surface area contributed by atoms with E-state index in [0.717, 1.165) is 20.0 Å². The number of nitro groups is 1. The van der Waals surface area contributed by atoms with Crippen molar-refractivity contribution in [2.45, 2.75) is 103 Å². The summed E-state index contributed by atoms with van der Waals surface area (Å²) >= 11 is 0. The first-order chi connectivity index (χ1) is 26.2. The number of aliphatic hydroxyl groups excluding tert-OH is 1. The summed E-state index contributed by atoms with van der Waals surface area (Å²) in [5, 5.41) is 36.3. The second kappa shape index (κ2) is 14.4. The maximum absolute atomic E-state index is 15.5. The van der Waals surface area contributed by atoms with Gasteiger partial charge in [0.1, 0.15) is 43.3 Å². The molecule has 1 saturated heterocycles. The highest BCUT2D eigenvalue weighted by Crippen LogP contribution is 2.65. The third kappa shape index (κ3) is 6.32. The lowest BCUT2D eigenvalue weighted by atomic mass is 9.45. The number of aromatic nitrogens is 2. The fourth-order valence-electron chi connectivity index (χ4n) is 9.29. The van der Waals surface area contributed by atoms with E-state index in [1.807, 2.05) is 0 Å². The van der Waals surface area contributed by atoms with Crippen molar-refractivity contribution in [1.82, 2.24) is 9.55 Å². The van der Waals surface area contributed by atoms with Gasteiger partial charge in [-0.15, -0.1) is 0 Å². The Bertz CT molecular complexity index is 1990. The summed E-state index contributed by atoms with van der Waals surface area (Å²) in [7, 11) is 0. The molecule has 1 aromatic heterocycles. The third-order valence-electron chi connectivity index (χ3n) is 12.2. The van der Waals surface area contributed by atoms with Crippen LogP contribution in [-0.4, -0.2) is 103 Å². The van der Waals surface area contributed by atoms with Crippen LogP contribution in [0.15, 0.2) is 47.9 Å². The van der Waals surface area contributed by atoms with Gasteiger partial charge in [0.15, 0.2) is 17.2 Å². The summed E-state index contributed by atoms with van der Waals surface area (Å²) in [5.74, 6) is -6.60. The predicted molar refractivity (Wildman–Crippen MR) is 188 cm³/mol. The first-order valence-corrected chi connectivity index (χ1v) is 18.2. The highest BCUT2D eigenvalue weighted by Gasteiger charge is 2.78. The van der Waals surface area contributed by atoms with Crippen LogP contribution in [0.25, 0.3) is 0 Å². The number of imidazole rings is 1. The number of nitrogens with zero attached hydrogens (tertiary/aromatic N) is 3. The molecule has 1 unspecified atom stereocenters. The van der Waals surface area contributed by atoms with Gasteiger partial charge >= 0.3 is 29.9 Å². The van der Waals surface area contributed by atoms with Crippen LogP contribution in [0.2, 0.25) is 0 Å². The van der Waals surface area contributed by atoms with Crippen LogP contribution in [-0.2, 0) is 49.3 Å². The van der Waals surface area contributed by atoms with Gasteiger partial charge < -0.3 is 48.7 Å². The minimum atomic E-state index is -2.27. The number of carbonyl (C=O) groups excluding carboxylic acids is 5. The number of rotatable bonds is 9. The van der Waals surface area contributed by atoms with Crippen molar-refractivity contribution in [1.29, 1.82) is 0 Å². The molecule has 6 rings (SSSR count). The van der Waals surface area contributed by atoms with Gasteiger partial charge in [-0.2, -0.15) is 0 Å². The molecule has 3 fully saturated rings. The highest BCUT2D eigenvalue weighted by atomic mass is 16.7. The molecule has 2 bridgehead atoms. The second-order valence-corrected chi connectivity index (χ2v) is 15.6. The lowest BCUT2D eigenvalue weighted by molar-refractivity contribution is -0.392.